The minimum atomic E-state index is -2.15. The van der Waals surface area contributed by atoms with Crippen LogP contribution in [0.2, 0.25) is 0 Å². The van der Waals surface area contributed by atoms with E-state index in [4.69, 9.17) is 34.0 Å². The van der Waals surface area contributed by atoms with Gasteiger partial charge in [-0.2, -0.15) is 0 Å². The number of carbonyl (C=O) groups excluding carboxylic acids is 2. The summed E-state index contributed by atoms with van der Waals surface area (Å²) in [4.78, 5) is 38.8. The van der Waals surface area contributed by atoms with E-state index in [1.165, 1.54) is 0 Å². The van der Waals surface area contributed by atoms with Gasteiger partial charge >= 0.3 is 5.97 Å². The smallest absolute Gasteiger partial charge is 0.335 e. The van der Waals surface area contributed by atoms with E-state index in [1.54, 1.807) is 0 Å². The number of ether oxygens (including phenoxy) is 6. The molecule has 0 radical (unpaired) electrons. The number of aliphatic hydroxyl groups excluding tert-OH is 7. The molecule has 15 atom stereocenters. The Balaban J connectivity index is 1.86. The normalized spacial score (nSPS) is 40.6. The van der Waals surface area contributed by atoms with Crippen LogP contribution in [-0.4, -0.2) is 177 Å². The van der Waals surface area contributed by atoms with E-state index in [2.05, 4.69) is 20.7 Å². The highest BCUT2D eigenvalue weighted by Gasteiger charge is 2.55. The molecule has 3 saturated heterocycles. The quantitative estimate of drug-likeness (QED) is 0.0353. The fourth-order valence-electron chi connectivity index (χ4n) is 5.34. The van der Waals surface area contributed by atoms with Gasteiger partial charge in [0.1, 0.15) is 67.0 Å². The Morgan fingerprint density at radius 2 is 1.34 bits per heavy atom. The second-order valence-electron chi connectivity index (χ2n) is 11.0. The van der Waals surface area contributed by atoms with E-state index in [-0.39, 0.29) is 19.6 Å². The van der Waals surface area contributed by atoms with Crippen LogP contribution in [0.1, 0.15) is 20.3 Å². The minimum Gasteiger partial charge on any atom is -0.479 e. The van der Waals surface area contributed by atoms with E-state index in [0.717, 1.165) is 13.8 Å². The topological polar surface area (TPSA) is 341 Å². The third kappa shape index (κ3) is 9.43. The molecule has 47 heavy (non-hydrogen) atoms. The molecular weight excluding hydrogens is 642 g/mol. The Morgan fingerprint density at radius 3 is 1.91 bits per heavy atom. The van der Waals surface area contributed by atoms with Gasteiger partial charge in [-0.25, -0.2) is 4.79 Å². The Bertz CT molecular complexity index is 1120. The number of aliphatic hydroxyl groups is 7. The number of carbonyl (C=O) groups is 3. The molecule has 3 fully saturated rings. The van der Waals surface area contributed by atoms with Crippen molar-refractivity contribution in [1.82, 2.24) is 10.6 Å². The number of hydrogen-bond acceptors (Lipinski definition) is 17. The molecule has 0 aromatic heterocycles. The molecule has 3 aliphatic heterocycles. The zero-order chi connectivity index (χ0) is 35.0. The molecular formula is C25H41N5O17. The predicted octanol–water partition coefficient (Wildman–Crippen LogP) is -5.47. The summed E-state index contributed by atoms with van der Waals surface area (Å²) in [5.41, 5.74) is 8.45. The van der Waals surface area contributed by atoms with Crippen molar-refractivity contribution in [1.29, 1.82) is 0 Å². The average Bonchev–Trinajstić information content (AvgIpc) is 3.01. The molecule has 0 spiro atoms. The lowest BCUT2D eigenvalue weighted by Crippen LogP contribution is -2.69. The SMILES string of the molecule is CC(=O)N[C@H]1[C@H](O[C@H]2[C@H](O)[C@@H](O)[C@H](O[C@H]3[C@H](O)[C@@H](CO)O[C@@H](OCCCN=[N+]=[N-])[C@@H]3NC(C)=O)O[C@@H]2C(=O)O)O[C@H](CO)[C@@H](O)[C@@H]1O. The third-order valence-electron chi connectivity index (χ3n) is 7.59. The zero-order valence-electron chi connectivity index (χ0n) is 25.3. The first-order chi connectivity index (χ1) is 22.2. The molecule has 0 unspecified atom stereocenters. The van der Waals surface area contributed by atoms with E-state index < -0.39 is 123 Å². The number of nitrogens with one attached hydrogen (secondary N) is 2. The van der Waals surface area contributed by atoms with Gasteiger partial charge in [-0.1, -0.05) is 5.11 Å². The predicted molar refractivity (Wildman–Crippen MR) is 147 cm³/mol. The highest BCUT2D eigenvalue weighted by atomic mass is 16.7. The van der Waals surface area contributed by atoms with Gasteiger partial charge in [0.15, 0.2) is 25.0 Å². The fourth-order valence-corrected chi connectivity index (χ4v) is 5.34. The summed E-state index contributed by atoms with van der Waals surface area (Å²) in [7, 11) is 0. The first-order valence-corrected chi connectivity index (χ1v) is 14.5. The van der Waals surface area contributed by atoms with Gasteiger partial charge in [0.25, 0.3) is 0 Å². The van der Waals surface area contributed by atoms with Gasteiger partial charge in [-0.15, -0.1) is 0 Å². The van der Waals surface area contributed by atoms with E-state index in [0.29, 0.717) is 0 Å². The second-order valence-corrected chi connectivity index (χ2v) is 11.0. The number of aliphatic carboxylic acids is 1. The summed E-state index contributed by atoms with van der Waals surface area (Å²) in [6.07, 6.45) is -23.0. The molecule has 268 valence electrons. The van der Waals surface area contributed by atoms with Crippen molar-refractivity contribution in [3.05, 3.63) is 10.4 Å². The van der Waals surface area contributed by atoms with Crippen molar-refractivity contribution in [3.63, 3.8) is 0 Å². The standard InChI is InChI=1S/C25H41N5O17/c1-8(33)28-12-16(37)14(35)10(6-31)44-24(12)46-20-17(38)18(39)25(47-21(20)22(40)41)45-19-13(29-9(2)34)23(42-5-3-4-27-30-26)43-11(7-32)15(19)36/h10-21,23-25,31-32,35-39H,3-7H2,1-2H3,(H,28,33)(H,29,34)(H,40,41)/t10-,11-,12-,13-,14-,15-,16-,17-,18-,19-,20+,21+,23-,24+,25-/m1/s1. The third-order valence-corrected chi connectivity index (χ3v) is 7.59. The monoisotopic (exact) mass is 683 g/mol. The molecule has 10 N–H and O–H groups in total. The lowest BCUT2D eigenvalue weighted by molar-refractivity contribution is -0.360. The van der Waals surface area contributed by atoms with Crippen molar-refractivity contribution in [3.8, 4) is 0 Å². The molecule has 0 aliphatic carbocycles. The molecule has 0 aromatic carbocycles. The average molecular weight is 684 g/mol. The summed E-state index contributed by atoms with van der Waals surface area (Å²) < 4.78 is 33.5. The van der Waals surface area contributed by atoms with Crippen LogP contribution in [-0.2, 0) is 42.8 Å². The van der Waals surface area contributed by atoms with Crippen LogP contribution in [0.3, 0.4) is 0 Å². The fraction of sp³-hybridized carbons (Fsp3) is 0.880. The highest BCUT2D eigenvalue weighted by Crippen LogP contribution is 2.33. The Hall–Kier alpha value is -2.80. The Kier molecular flexibility index (Phi) is 14.4. The van der Waals surface area contributed by atoms with Gasteiger partial charge in [0.05, 0.1) is 13.2 Å². The number of carboxylic acids is 1. The van der Waals surface area contributed by atoms with Crippen LogP contribution >= 0.6 is 0 Å². The maximum absolute atomic E-state index is 12.3. The van der Waals surface area contributed by atoms with Gasteiger partial charge in [0.2, 0.25) is 11.8 Å². The maximum atomic E-state index is 12.3. The summed E-state index contributed by atoms with van der Waals surface area (Å²) >= 11 is 0. The Morgan fingerprint density at radius 1 is 0.766 bits per heavy atom. The van der Waals surface area contributed by atoms with Crippen molar-refractivity contribution in [2.45, 2.75) is 112 Å². The number of rotatable bonds is 14. The van der Waals surface area contributed by atoms with Crippen LogP contribution in [0, 0.1) is 0 Å². The second kappa shape index (κ2) is 17.6. The number of nitrogens with zero attached hydrogens (tertiary/aromatic N) is 3. The van der Waals surface area contributed by atoms with Crippen LogP contribution in [0.15, 0.2) is 5.11 Å². The summed E-state index contributed by atoms with van der Waals surface area (Å²) in [5.74, 6) is -3.12. The number of carboxylic acid groups (broad SMARTS) is 1. The molecule has 3 aliphatic rings. The minimum absolute atomic E-state index is 0.0530. The van der Waals surface area contributed by atoms with Crippen LogP contribution in [0.4, 0.5) is 0 Å². The first-order valence-electron chi connectivity index (χ1n) is 14.5. The summed E-state index contributed by atoms with van der Waals surface area (Å²) in [5, 5.41) is 91.3. The molecule has 0 bridgehead atoms. The summed E-state index contributed by atoms with van der Waals surface area (Å²) in [6, 6.07) is -2.89. The number of hydrogen-bond donors (Lipinski definition) is 10. The van der Waals surface area contributed by atoms with Gasteiger partial charge < -0.3 is 79.9 Å². The van der Waals surface area contributed by atoms with E-state index >= 15 is 0 Å². The molecule has 3 heterocycles. The zero-order valence-corrected chi connectivity index (χ0v) is 25.3. The van der Waals surface area contributed by atoms with Gasteiger partial charge in [-0.3, -0.25) is 9.59 Å². The Labute approximate surface area is 266 Å². The van der Waals surface area contributed by atoms with Gasteiger partial charge in [-0.05, 0) is 12.0 Å². The molecule has 2 amide bonds. The van der Waals surface area contributed by atoms with Crippen molar-refractivity contribution in [2.75, 3.05) is 26.4 Å². The largest absolute Gasteiger partial charge is 0.479 e. The van der Waals surface area contributed by atoms with Crippen molar-refractivity contribution < 1.29 is 83.7 Å². The highest BCUT2D eigenvalue weighted by molar-refractivity contribution is 5.74. The molecule has 0 aromatic rings. The molecule has 0 saturated carbocycles. The lowest BCUT2D eigenvalue weighted by atomic mass is 9.94. The number of azide groups is 1. The number of amides is 2. The first kappa shape index (κ1) is 38.6. The lowest BCUT2D eigenvalue weighted by Gasteiger charge is -2.48. The van der Waals surface area contributed by atoms with Crippen molar-refractivity contribution in [2.24, 2.45) is 5.11 Å². The van der Waals surface area contributed by atoms with Gasteiger partial charge in [0, 0.05) is 31.9 Å². The van der Waals surface area contributed by atoms with Crippen molar-refractivity contribution >= 4 is 17.8 Å². The molecule has 22 nitrogen and oxygen atoms in total. The molecule has 3 rings (SSSR count). The van der Waals surface area contributed by atoms with E-state index in [1.807, 2.05) is 0 Å². The van der Waals surface area contributed by atoms with Crippen LogP contribution < -0.4 is 10.6 Å². The maximum Gasteiger partial charge on any atom is 0.335 e. The van der Waals surface area contributed by atoms with Crippen LogP contribution in [0.25, 0.3) is 10.4 Å². The van der Waals surface area contributed by atoms with Crippen LogP contribution in [0.5, 0.6) is 0 Å². The molecule has 22 heteroatoms. The summed E-state index contributed by atoms with van der Waals surface area (Å²) in [6.45, 7) is 0.564. The van der Waals surface area contributed by atoms with E-state index in [9.17, 15) is 55.2 Å².